The van der Waals surface area contributed by atoms with Gasteiger partial charge in [-0.05, 0) is 12.1 Å². The fourth-order valence-electron chi connectivity index (χ4n) is 1.79. The second-order valence-electron chi connectivity index (χ2n) is 4.15. The van der Waals surface area contributed by atoms with E-state index in [2.05, 4.69) is 20.1 Å². The van der Waals surface area contributed by atoms with E-state index in [9.17, 15) is 0 Å². The lowest BCUT2D eigenvalue weighted by Gasteiger charge is -2.04. The van der Waals surface area contributed by atoms with Gasteiger partial charge in [0.15, 0.2) is 5.82 Å². The second-order valence-corrected chi connectivity index (χ2v) is 4.15. The van der Waals surface area contributed by atoms with Crippen LogP contribution in [0.25, 0.3) is 22.6 Å². The maximum absolute atomic E-state index is 5.84. The largest absolute Gasteiger partial charge is 0.384 e. The average molecular weight is 252 g/mol. The lowest BCUT2D eigenvalue weighted by Crippen LogP contribution is -1.97. The summed E-state index contributed by atoms with van der Waals surface area (Å²) in [6.07, 6.45) is 7.04. The van der Waals surface area contributed by atoms with Crippen LogP contribution in [0.3, 0.4) is 0 Å². The smallest absolute Gasteiger partial charge is 0.163 e. The Labute approximate surface area is 110 Å². The number of nitrogens with two attached hydrogens (primary N) is 1. The van der Waals surface area contributed by atoms with Crippen LogP contribution in [-0.4, -0.2) is 24.7 Å². The summed E-state index contributed by atoms with van der Waals surface area (Å²) in [5.41, 5.74) is 8.33. The molecule has 0 aliphatic heterocycles. The van der Waals surface area contributed by atoms with Crippen molar-refractivity contribution in [2.75, 3.05) is 5.73 Å². The minimum Gasteiger partial charge on any atom is -0.384 e. The Morgan fingerprint density at radius 3 is 2.74 bits per heavy atom. The zero-order chi connectivity index (χ0) is 13.2. The molecule has 0 aromatic carbocycles. The monoisotopic (exact) mass is 252 g/mol. The summed E-state index contributed by atoms with van der Waals surface area (Å²) in [6, 6.07) is 5.47. The van der Waals surface area contributed by atoms with E-state index in [4.69, 9.17) is 5.73 Å². The number of aryl methyl sites for hydroxylation is 1. The van der Waals surface area contributed by atoms with E-state index in [0.29, 0.717) is 11.6 Å². The van der Waals surface area contributed by atoms with Gasteiger partial charge in [0, 0.05) is 42.8 Å². The maximum Gasteiger partial charge on any atom is 0.163 e. The third-order valence-electron chi connectivity index (χ3n) is 2.67. The van der Waals surface area contributed by atoms with Gasteiger partial charge in [0.1, 0.15) is 5.82 Å². The zero-order valence-corrected chi connectivity index (χ0v) is 10.4. The molecule has 3 heterocycles. The van der Waals surface area contributed by atoms with Crippen LogP contribution in [-0.2, 0) is 7.05 Å². The van der Waals surface area contributed by atoms with Crippen LogP contribution in [0.4, 0.5) is 5.82 Å². The molecule has 0 radical (unpaired) electrons. The normalized spacial score (nSPS) is 10.6. The van der Waals surface area contributed by atoms with Gasteiger partial charge < -0.3 is 5.73 Å². The van der Waals surface area contributed by atoms with Crippen LogP contribution in [0.15, 0.2) is 43.0 Å². The van der Waals surface area contributed by atoms with Crippen LogP contribution < -0.4 is 5.73 Å². The lowest BCUT2D eigenvalue weighted by molar-refractivity contribution is 0.768. The molecule has 0 atom stereocenters. The molecule has 19 heavy (non-hydrogen) atoms. The van der Waals surface area contributed by atoms with E-state index in [1.807, 2.05) is 25.4 Å². The van der Waals surface area contributed by atoms with Crippen molar-refractivity contribution in [1.29, 1.82) is 0 Å². The molecule has 3 aromatic heterocycles. The Balaban J connectivity index is 2.11. The van der Waals surface area contributed by atoms with Gasteiger partial charge in [-0.25, -0.2) is 9.97 Å². The van der Waals surface area contributed by atoms with Crippen LogP contribution in [0, 0.1) is 0 Å². The number of hydrogen-bond acceptors (Lipinski definition) is 5. The molecular weight excluding hydrogens is 240 g/mol. The van der Waals surface area contributed by atoms with E-state index in [1.165, 1.54) is 0 Å². The summed E-state index contributed by atoms with van der Waals surface area (Å²) in [6.45, 7) is 0. The minimum atomic E-state index is 0.424. The molecule has 6 nitrogen and oxygen atoms in total. The fraction of sp³-hybridized carbons (Fsp3) is 0.0769. The van der Waals surface area contributed by atoms with E-state index in [0.717, 1.165) is 16.8 Å². The van der Waals surface area contributed by atoms with Crippen molar-refractivity contribution in [3.8, 4) is 22.6 Å². The number of hydrogen-bond donors (Lipinski definition) is 1. The van der Waals surface area contributed by atoms with E-state index in [1.54, 1.807) is 29.3 Å². The third kappa shape index (κ3) is 2.28. The van der Waals surface area contributed by atoms with Crippen LogP contribution in [0.1, 0.15) is 0 Å². The predicted octanol–water partition coefficient (Wildman–Crippen LogP) is 1.52. The number of rotatable bonds is 2. The van der Waals surface area contributed by atoms with Crippen molar-refractivity contribution < 1.29 is 0 Å². The van der Waals surface area contributed by atoms with Gasteiger partial charge in [-0.3, -0.25) is 9.67 Å². The lowest BCUT2D eigenvalue weighted by atomic mass is 10.2. The highest BCUT2D eigenvalue weighted by atomic mass is 15.2. The maximum atomic E-state index is 5.84. The number of pyridine rings is 1. The number of nitrogens with zero attached hydrogens (tertiary/aromatic N) is 5. The Morgan fingerprint density at radius 2 is 2.05 bits per heavy atom. The molecule has 0 spiro atoms. The predicted molar refractivity (Wildman–Crippen MR) is 71.9 cm³/mol. The first-order chi connectivity index (χ1) is 9.22. The number of aromatic nitrogens is 5. The molecule has 0 unspecified atom stereocenters. The van der Waals surface area contributed by atoms with E-state index < -0.39 is 0 Å². The molecule has 0 saturated carbocycles. The summed E-state index contributed by atoms with van der Waals surface area (Å²) in [7, 11) is 1.86. The first-order valence-corrected chi connectivity index (χ1v) is 5.76. The van der Waals surface area contributed by atoms with Crippen molar-refractivity contribution in [3.05, 3.63) is 43.0 Å². The molecule has 0 amide bonds. The van der Waals surface area contributed by atoms with Crippen LogP contribution in [0.2, 0.25) is 0 Å². The van der Waals surface area contributed by atoms with E-state index in [-0.39, 0.29) is 0 Å². The topological polar surface area (TPSA) is 82.5 Å². The van der Waals surface area contributed by atoms with Crippen molar-refractivity contribution in [3.63, 3.8) is 0 Å². The van der Waals surface area contributed by atoms with Gasteiger partial charge in [-0.1, -0.05) is 0 Å². The van der Waals surface area contributed by atoms with Gasteiger partial charge >= 0.3 is 0 Å². The molecule has 0 aliphatic carbocycles. The van der Waals surface area contributed by atoms with Crippen LogP contribution in [0.5, 0.6) is 0 Å². The summed E-state index contributed by atoms with van der Waals surface area (Å²) in [5.74, 6) is 0.986. The van der Waals surface area contributed by atoms with E-state index >= 15 is 0 Å². The van der Waals surface area contributed by atoms with Gasteiger partial charge in [0.2, 0.25) is 0 Å². The fourth-order valence-corrected chi connectivity index (χ4v) is 1.79. The summed E-state index contributed by atoms with van der Waals surface area (Å²) >= 11 is 0. The Morgan fingerprint density at radius 1 is 1.16 bits per heavy atom. The first-order valence-electron chi connectivity index (χ1n) is 5.76. The molecular formula is C13H12N6. The molecule has 0 bridgehead atoms. The molecule has 3 aromatic rings. The molecule has 0 fully saturated rings. The quantitative estimate of drug-likeness (QED) is 0.747. The molecule has 0 saturated heterocycles. The highest BCUT2D eigenvalue weighted by molar-refractivity contribution is 5.65. The molecule has 0 aliphatic rings. The Bertz CT molecular complexity index is 704. The van der Waals surface area contributed by atoms with Crippen LogP contribution >= 0.6 is 0 Å². The molecule has 6 heteroatoms. The van der Waals surface area contributed by atoms with Gasteiger partial charge in [0.25, 0.3) is 0 Å². The highest BCUT2D eigenvalue weighted by Gasteiger charge is 2.08. The van der Waals surface area contributed by atoms with Crippen molar-refractivity contribution in [2.45, 2.75) is 0 Å². The molecule has 94 valence electrons. The Hall–Kier alpha value is -2.76. The third-order valence-corrected chi connectivity index (χ3v) is 2.67. The van der Waals surface area contributed by atoms with Gasteiger partial charge in [-0.15, -0.1) is 0 Å². The van der Waals surface area contributed by atoms with Gasteiger partial charge in [0.05, 0.1) is 11.9 Å². The number of anilines is 1. The Kier molecular flexibility index (Phi) is 2.68. The average Bonchev–Trinajstić information content (AvgIpc) is 2.86. The first kappa shape index (κ1) is 11.3. The van der Waals surface area contributed by atoms with Crippen molar-refractivity contribution in [1.82, 2.24) is 24.7 Å². The SMILES string of the molecule is Cn1cc(-c2cc(N)nc(-c3cccnc3)n2)cn1. The zero-order valence-electron chi connectivity index (χ0n) is 10.4. The number of nitrogen functional groups attached to an aromatic ring is 1. The second kappa shape index (κ2) is 4.49. The molecule has 3 rings (SSSR count). The molecule has 2 N–H and O–H groups in total. The minimum absolute atomic E-state index is 0.424. The summed E-state index contributed by atoms with van der Waals surface area (Å²) in [5, 5.41) is 4.13. The van der Waals surface area contributed by atoms with Crippen molar-refractivity contribution in [2.24, 2.45) is 7.05 Å². The summed E-state index contributed by atoms with van der Waals surface area (Å²) < 4.78 is 1.72. The standard InChI is InChI=1S/C13H12N6/c1-19-8-10(7-16-19)11-5-12(14)18-13(17-11)9-3-2-4-15-6-9/h2-8H,1H3,(H2,14,17,18). The highest BCUT2D eigenvalue weighted by Crippen LogP contribution is 2.22. The van der Waals surface area contributed by atoms with Gasteiger partial charge in [-0.2, -0.15) is 5.10 Å². The van der Waals surface area contributed by atoms with Crippen molar-refractivity contribution >= 4 is 5.82 Å². The summed E-state index contributed by atoms with van der Waals surface area (Å²) in [4.78, 5) is 12.8.